The molecule has 0 spiro atoms. The summed E-state index contributed by atoms with van der Waals surface area (Å²) in [6.07, 6.45) is 5.44. The number of hydrogen-bond acceptors (Lipinski definition) is 3. The van der Waals surface area contributed by atoms with Crippen LogP contribution in [0, 0.1) is 19.8 Å². The van der Waals surface area contributed by atoms with E-state index >= 15 is 0 Å². The Balaban J connectivity index is 2.28. The zero-order valence-electron chi connectivity index (χ0n) is 10.4. The number of rotatable bonds is 3. The van der Waals surface area contributed by atoms with Gasteiger partial charge in [-0.25, -0.2) is 4.98 Å². The number of aliphatic carboxylic acids is 1. The molecule has 1 heterocycles. The van der Waals surface area contributed by atoms with Gasteiger partial charge in [0.15, 0.2) is 5.89 Å². The molecule has 2 rings (SSSR count). The van der Waals surface area contributed by atoms with E-state index in [1.807, 2.05) is 6.92 Å². The van der Waals surface area contributed by atoms with Crippen LogP contribution in [-0.2, 0) is 4.79 Å². The van der Waals surface area contributed by atoms with Gasteiger partial charge in [0.1, 0.15) is 11.7 Å². The molecule has 0 bridgehead atoms. The fourth-order valence-corrected chi connectivity index (χ4v) is 2.83. The Hall–Kier alpha value is -1.32. The third kappa shape index (κ3) is 2.51. The molecule has 0 amide bonds. The average Bonchev–Trinajstić information content (AvgIpc) is 2.59. The SMILES string of the molecule is Cc1nc(C)c(C(C(=O)O)C2CCCCC2)o1. The molecule has 0 radical (unpaired) electrons. The molecule has 4 nitrogen and oxygen atoms in total. The Morgan fingerprint density at radius 2 is 2.00 bits per heavy atom. The summed E-state index contributed by atoms with van der Waals surface area (Å²) in [5, 5.41) is 9.42. The van der Waals surface area contributed by atoms with Gasteiger partial charge in [-0.3, -0.25) is 4.79 Å². The second kappa shape index (κ2) is 4.90. The van der Waals surface area contributed by atoms with Gasteiger partial charge in [-0.2, -0.15) is 0 Å². The van der Waals surface area contributed by atoms with Crippen LogP contribution < -0.4 is 0 Å². The quantitative estimate of drug-likeness (QED) is 0.877. The van der Waals surface area contributed by atoms with Gasteiger partial charge in [0.25, 0.3) is 0 Å². The normalized spacial score (nSPS) is 19.2. The van der Waals surface area contributed by atoms with Crippen LogP contribution in [0.3, 0.4) is 0 Å². The molecule has 1 atom stereocenters. The van der Waals surface area contributed by atoms with Crippen molar-refractivity contribution in [2.24, 2.45) is 5.92 Å². The van der Waals surface area contributed by atoms with Gasteiger partial charge in [0, 0.05) is 6.92 Å². The second-order valence-corrected chi connectivity index (χ2v) is 4.90. The molecule has 17 heavy (non-hydrogen) atoms. The van der Waals surface area contributed by atoms with E-state index in [9.17, 15) is 9.90 Å². The molecular formula is C13H19NO3. The highest BCUT2D eigenvalue weighted by Crippen LogP contribution is 2.37. The first-order valence-electron chi connectivity index (χ1n) is 6.26. The van der Waals surface area contributed by atoms with E-state index in [2.05, 4.69) is 4.98 Å². The van der Waals surface area contributed by atoms with Gasteiger partial charge >= 0.3 is 5.97 Å². The first-order chi connectivity index (χ1) is 8.09. The Bertz CT molecular complexity index is 405. The van der Waals surface area contributed by atoms with E-state index in [0.717, 1.165) is 31.4 Å². The number of nitrogens with zero attached hydrogens (tertiary/aromatic N) is 1. The van der Waals surface area contributed by atoms with Crippen molar-refractivity contribution in [3.8, 4) is 0 Å². The molecule has 4 heteroatoms. The molecule has 0 aliphatic heterocycles. The van der Waals surface area contributed by atoms with Crippen LogP contribution in [0.15, 0.2) is 4.42 Å². The van der Waals surface area contributed by atoms with Crippen molar-refractivity contribution in [1.29, 1.82) is 0 Å². The van der Waals surface area contributed by atoms with Gasteiger partial charge < -0.3 is 9.52 Å². The molecule has 1 fully saturated rings. The Morgan fingerprint density at radius 1 is 1.35 bits per heavy atom. The van der Waals surface area contributed by atoms with Crippen molar-refractivity contribution in [2.45, 2.75) is 51.9 Å². The molecule has 0 aromatic carbocycles. The van der Waals surface area contributed by atoms with Crippen molar-refractivity contribution in [2.75, 3.05) is 0 Å². The van der Waals surface area contributed by atoms with E-state index in [0.29, 0.717) is 11.7 Å². The van der Waals surface area contributed by atoms with E-state index in [1.54, 1.807) is 6.92 Å². The minimum atomic E-state index is -0.781. The molecule has 1 aliphatic carbocycles. The topological polar surface area (TPSA) is 63.3 Å². The lowest BCUT2D eigenvalue weighted by Gasteiger charge is -2.26. The van der Waals surface area contributed by atoms with Crippen molar-refractivity contribution in [3.05, 3.63) is 17.3 Å². The van der Waals surface area contributed by atoms with Crippen LogP contribution in [0.5, 0.6) is 0 Å². The maximum Gasteiger partial charge on any atom is 0.314 e. The number of aryl methyl sites for hydroxylation is 2. The lowest BCUT2D eigenvalue weighted by molar-refractivity contribution is -0.141. The molecule has 1 saturated carbocycles. The largest absolute Gasteiger partial charge is 0.481 e. The zero-order chi connectivity index (χ0) is 12.4. The number of oxazole rings is 1. The fourth-order valence-electron chi connectivity index (χ4n) is 2.83. The Labute approximate surface area is 101 Å². The Morgan fingerprint density at radius 3 is 2.47 bits per heavy atom. The fraction of sp³-hybridized carbons (Fsp3) is 0.692. The van der Waals surface area contributed by atoms with Crippen LogP contribution in [0.2, 0.25) is 0 Å². The van der Waals surface area contributed by atoms with Crippen molar-refractivity contribution in [3.63, 3.8) is 0 Å². The monoisotopic (exact) mass is 237 g/mol. The number of aromatic nitrogens is 1. The van der Waals surface area contributed by atoms with Gasteiger partial charge in [-0.1, -0.05) is 19.3 Å². The molecule has 1 unspecified atom stereocenters. The van der Waals surface area contributed by atoms with Crippen LogP contribution in [0.25, 0.3) is 0 Å². The summed E-state index contributed by atoms with van der Waals surface area (Å²) in [6.45, 7) is 3.58. The lowest BCUT2D eigenvalue weighted by Crippen LogP contribution is -2.23. The van der Waals surface area contributed by atoms with E-state index in [1.165, 1.54) is 6.42 Å². The minimum Gasteiger partial charge on any atom is -0.481 e. The minimum absolute atomic E-state index is 0.201. The molecule has 1 aromatic rings. The second-order valence-electron chi connectivity index (χ2n) is 4.90. The van der Waals surface area contributed by atoms with Gasteiger partial charge in [-0.15, -0.1) is 0 Å². The van der Waals surface area contributed by atoms with Crippen molar-refractivity contribution in [1.82, 2.24) is 4.98 Å². The third-order valence-electron chi connectivity index (χ3n) is 3.61. The molecule has 1 aromatic heterocycles. The molecular weight excluding hydrogens is 218 g/mol. The summed E-state index contributed by atoms with van der Waals surface area (Å²) in [4.78, 5) is 15.7. The summed E-state index contributed by atoms with van der Waals surface area (Å²) in [7, 11) is 0. The zero-order valence-corrected chi connectivity index (χ0v) is 10.4. The van der Waals surface area contributed by atoms with Gasteiger partial charge in [-0.05, 0) is 25.7 Å². The van der Waals surface area contributed by atoms with E-state index in [-0.39, 0.29) is 5.92 Å². The van der Waals surface area contributed by atoms with Crippen molar-refractivity contribution < 1.29 is 14.3 Å². The number of hydrogen-bond donors (Lipinski definition) is 1. The number of carboxylic acid groups (broad SMARTS) is 1. The summed E-state index contributed by atoms with van der Waals surface area (Å²) >= 11 is 0. The molecule has 1 N–H and O–H groups in total. The van der Waals surface area contributed by atoms with Crippen molar-refractivity contribution >= 4 is 5.97 Å². The van der Waals surface area contributed by atoms with Crippen LogP contribution in [-0.4, -0.2) is 16.1 Å². The first kappa shape index (κ1) is 12.1. The highest BCUT2D eigenvalue weighted by atomic mass is 16.4. The smallest absolute Gasteiger partial charge is 0.314 e. The Kier molecular flexibility index (Phi) is 3.50. The molecule has 1 aliphatic rings. The number of carboxylic acids is 1. The molecule has 94 valence electrons. The molecule has 0 saturated heterocycles. The summed E-state index contributed by atoms with van der Waals surface area (Å²) in [6, 6.07) is 0. The third-order valence-corrected chi connectivity index (χ3v) is 3.61. The summed E-state index contributed by atoms with van der Waals surface area (Å²) < 4.78 is 5.50. The lowest BCUT2D eigenvalue weighted by atomic mass is 9.78. The maximum absolute atomic E-state index is 11.5. The predicted octanol–water partition coefficient (Wildman–Crippen LogP) is 3.04. The number of carbonyl (C=O) groups is 1. The highest BCUT2D eigenvalue weighted by Gasteiger charge is 2.34. The predicted molar refractivity (Wildman–Crippen MR) is 62.9 cm³/mol. The van der Waals surface area contributed by atoms with E-state index in [4.69, 9.17) is 4.42 Å². The van der Waals surface area contributed by atoms with Crippen LogP contribution in [0.1, 0.15) is 55.4 Å². The average molecular weight is 237 g/mol. The van der Waals surface area contributed by atoms with Gasteiger partial charge in [0.05, 0.1) is 5.69 Å². The summed E-state index contributed by atoms with van der Waals surface area (Å²) in [5.74, 6) is 0.0152. The first-order valence-corrected chi connectivity index (χ1v) is 6.26. The maximum atomic E-state index is 11.5. The highest BCUT2D eigenvalue weighted by molar-refractivity contribution is 5.76. The van der Waals surface area contributed by atoms with Crippen LogP contribution in [0.4, 0.5) is 0 Å². The van der Waals surface area contributed by atoms with Gasteiger partial charge in [0.2, 0.25) is 0 Å². The van der Waals surface area contributed by atoms with Crippen LogP contribution >= 0.6 is 0 Å². The summed E-state index contributed by atoms with van der Waals surface area (Å²) in [5.41, 5.74) is 0.723. The van der Waals surface area contributed by atoms with E-state index < -0.39 is 11.9 Å². The standard InChI is InChI=1S/C13H19NO3/c1-8-12(17-9(2)14-8)11(13(15)16)10-6-4-3-5-7-10/h10-11H,3-7H2,1-2H3,(H,15,16).